The molecule has 1 fully saturated rings. The molecule has 1 amide bonds. The summed E-state index contributed by atoms with van der Waals surface area (Å²) in [6.07, 6.45) is 3.18. The minimum absolute atomic E-state index is 0.475. The number of nitrogen functional groups attached to an aromatic ring is 1. The molecule has 0 heterocycles. The lowest BCUT2D eigenvalue weighted by molar-refractivity contribution is 0.0636. The van der Waals surface area contributed by atoms with Gasteiger partial charge in [-0.05, 0) is 58.2 Å². The van der Waals surface area contributed by atoms with E-state index in [1.54, 1.807) is 6.07 Å². The van der Waals surface area contributed by atoms with Gasteiger partial charge in [0.25, 0.3) is 0 Å². The molecule has 0 aromatic heterocycles. The summed E-state index contributed by atoms with van der Waals surface area (Å²) in [6.45, 7) is 5.48. The normalized spacial score (nSPS) is 15.3. The molecule has 1 aromatic carbocycles. The molecular formula is C15H23N3O2. The Morgan fingerprint density at radius 3 is 2.55 bits per heavy atom. The first-order chi connectivity index (χ1) is 9.33. The van der Waals surface area contributed by atoms with Crippen molar-refractivity contribution < 1.29 is 9.53 Å². The van der Waals surface area contributed by atoms with Crippen LogP contribution in [-0.2, 0) is 4.74 Å². The fraction of sp³-hybridized carbons (Fsp3) is 0.533. The molecule has 4 N–H and O–H groups in total. The van der Waals surface area contributed by atoms with Crippen LogP contribution in [0.3, 0.4) is 0 Å². The quantitative estimate of drug-likeness (QED) is 0.738. The number of carbonyl (C=O) groups excluding carboxylic acids is 1. The van der Waals surface area contributed by atoms with Gasteiger partial charge in [0.1, 0.15) is 5.60 Å². The lowest BCUT2D eigenvalue weighted by atomic mass is 9.93. The van der Waals surface area contributed by atoms with Gasteiger partial charge >= 0.3 is 6.09 Å². The zero-order valence-electron chi connectivity index (χ0n) is 12.3. The Kier molecular flexibility index (Phi) is 4.06. The van der Waals surface area contributed by atoms with E-state index in [1.165, 1.54) is 19.3 Å². The average Bonchev–Trinajstić information content (AvgIpc) is 2.22. The number of carbonyl (C=O) groups is 1. The highest BCUT2D eigenvalue weighted by molar-refractivity contribution is 5.87. The van der Waals surface area contributed by atoms with Crippen molar-refractivity contribution in [2.24, 2.45) is 0 Å². The maximum Gasteiger partial charge on any atom is 0.412 e. The molecule has 1 aliphatic carbocycles. The van der Waals surface area contributed by atoms with Crippen LogP contribution >= 0.6 is 0 Å². The summed E-state index contributed by atoms with van der Waals surface area (Å²) in [5.41, 5.74) is 7.67. The van der Waals surface area contributed by atoms with E-state index < -0.39 is 11.7 Å². The summed E-state index contributed by atoms with van der Waals surface area (Å²) in [6, 6.07) is 5.98. The highest BCUT2D eigenvalue weighted by Crippen LogP contribution is 2.28. The van der Waals surface area contributed by atoms with E-state index in [4.69, 9.17) is 10.5 Å². The van der Waals surface area contributed by atoms with Gasteiger partial charge in [-0.15, -0.1) is 0 Å². The first-order valence-corrected chi connectivity index (χ1v) is 6.99. The van der Waals surface area contributed by atoms with Crippen LogP contribution in [0.5, 0.6) is 0 Å². The maximum atomic E-state index is 11.7. The summed E-state index contributed by atoms with van der Waals surface area (Å²) in [5.74, 6) is 0. The summed E-state index contributed by atoms with van der Waals surface area (Å²) < 4.78 is 5.20. The number of hydrogen-bond donors (Lipinski definition) is 3. The van der Waals surface area contributed by atoms with Gasteiger partial charge in [-0.3, -0.25) is 5.32 Å². The first-order valence-electron chi connectivity index (χ1n) is 6.99. The monoisotopic (exact) mass is 277 g/mol. The number of rotatable bonds is 3. The van der Waals surface area contributed by atoms with Crippen molar-refractivity contribution in [1.29, 1.82) is 0 Å². The summed E-state index contributed by atoms with van der Waals surface area (Å²) >= 11 is 0. The van der Waals surface area contributed by atoms with Gasteiger partial charge in [-0.2, -0.15) is 0 Å². The summed E-state index contributed by atoms with van der Waals surface area (Å²) in [5, 5.41) is 6.08. The van der Waals surface area contributed by atoms with Crippen LogP contribution in [0.25, 0.3) is 0 Å². The van der Waals surface area contributed by atoms with E-state index >= 15 is 0 Å². The Bertz CT molecular complexity index is 490. The number of nitrogens with one attached hydrogen (secondary N) is 2. The molecular weight excluding hydrogens is 254 g/mol. The predicted octanol–water partition coefficient (Wildman–Crippen LogP) is 3.58. The molecule has 0 saturated heterocycles. The molecule has 2 rings (SSSR count). The molecule has 0 bridgehead atoms. The molecule has 20 heavy (non-hydrogen) atoms. The minimum atomic E-state index is -0.513. The van der Waals surface area contributed by atoms with Gasteiger partial charge < -0.3 is 15.8 Å². The highest BCUT2D eigenvalue weighted by Gasteiger charge is 2.18. The van der Waals surface area contributed by atoms with Crippen LogP contribution in [-0.4, -0.2) is 17.7 Å². The number of ether oxygens (including phenoxy) is 1. The van der Waals surface area contributed by atoms with E-state index in [1.807, 2.05) is 32.9 Å². The molecule has 5 nitrogen and oxygen atoms in total. The van der Waals surface area contributed by atoms with E-state index in [9.17, 15) is 4.79 Å². The third kappa shape index (κ3) is 4.05. The average molecular weight is 277 g/mol. The van der Waals surface area contributed by atoms with E-state index in [0.29, 0.717) is 17.4 Å². The Morgan fingerprint density at radius 1 is 1.35 bits per heavy atom. The number of amides is 1. The number of nitrogens with two attached hydrogens (primary N) is 1. The molecule has 0 unspecified atom stereocenters. The van der Waals surface area contributed by atoms with Crippen molar-refractivity contribution >= 4 is 23.2 Å². The molecule has 110 valence electrons. The number of hydrogen-bond acceptors (Lipinski definition) is 4. The highest BCUT2D eigenvalue weighted by atomic mass is 16.6. The predicted molar refractivity (Wildman–Crippen MR) is 82.0 cm³/mol. The smallest absolute Gasteiger partial charge is 0.412 e. The topological polar surface area (TPSA) is 76.4 Å². The van der Waals surface area contributed by atoms with Crippen molar-refractivity contribution in [3.8, 4) is 0 Å². The lowest BCUT2D eigenvalue weighted by Crippen LogP contribution is -2.28. The van der Waals surface area contributed by atoms with Gasteiger partial charge in [-0.1, -0.05) is 0 Å². The molecule has 1 saturated carbocycles. The summed E-state index contributed by atoms with van der Waals surface area (Å²) in [4.78, 5) is 11.7. The van der Waals surface area contributed by atoms with Gasteiger partial charge in [0.2, 0.25) is 0 Å². The van der Waals surface area contributed by atoms with Crippen LogP contribution in [0.2, 0.25) is 0 Å². The largest absolute Gasteiger partial charge is 0.444 e. The Hall–Kier alpha value is -1.91. The Morgan fingerprint density at radius 2 is 2.05 bits per heavy atom. The zero-order valence-corrected chi connectivity index (χ0v) is 12.3. The molecule has 0 aliphatic heterocycles. The van der Waals surface area contributed by atoms with Gasteiger partial charge in [-0.25, -0.2) is 4.79 Å². The number of benzene rings is 1. The molecule has 1 aromatic rings. The van der Waals surface area contributed by atoms with E-state index in [0.717, 1.165) is 5.69 Å². The lowest BCUT2D eigenvalue weighted by Gasteiger charge is -2.28. The second-order valence-electron chi connectivity index (χ2n) is 6.20. The molecule has 0 radical (unpaired) electrons. The SMILES string of the molecule is CC(C)(C)OC(=O)Nc1ccc(NC2CCC2)c(N)c1. The zero-order chi connectivity index (χ0) is 14.8. The van der Waals surface area contributed by atoms with Crippen molar-refractivity contribution in [2.75, 3.05) is 16.4 Å². The van der Waals surface area contributed by atoms with Crippen LogP contribution in [0, 0.1) is 0 Å². The third-order valence-corrected chi connectivity index (χ3v) is 3.16. The van der Waals surface area contributed by atoms with Crippen LogP contribution in [0.15, 0.2) is 18.2 Å². The summed E-state index contributed by atoms with van der Waals surface area (Å²) in [7, 11) is 0. The van der Waals surface area contributed by atoms with Crippen molar-refractivity contribution in [3.05, 3.63) is 18.2 Å². The Balaban J connectivity index is 1.96. The van der Waals surface area contributed by atoms with E-state index in [2.05, 4.69) is 10.6 Å². The van der Waals surface area contributed by atoms with Crippen LogP contribution in [0.1, 0.15) is 40.0 Å². The fourth-order valence-electron chi connectivity index (χ4n) is 1.97. The number of anilines is 3. The first kappa shape index (κ1) is 14.5. The minimum Gasteiger partial charge on any atom is -0.444 e. The molecule has 0 spiro atoms. The van der Waals surface area contributed by atoms with Crippen molar-refractivity contribution in [2.45, 2.75) is 51.7 Å². The molecule has 5 heteroatoms. The van der Waals surface area contributed by atoms with Gasteiger partial charge in [0, 0.05) is 11.7 Å². The van der Waals surface area contributed by atoms with Crippen molar-refractivity contribution in [1.82, 2.24) is 0 Å². The van der Waals surface area contributed by atoms with E-state index in [-0.39, 0.29) is 0 Å². The second-order valence-corrected chi connectivity index (χ2v) is 6.20. The Labute approximate surface area is 119 Å². The standard InChI is InChI=1S/C15H23N3O2/c1-15(2,3)20-14(19)18-11-7-8-13(12(16)9-11)17-10-5-4-6-10/h7-10,17H,4-6,16H2,1-3H3,(H,18,19). The molecule has 1 aliphatic rings. The van der Waals surface area contributed by atoms with Crippen molar-refractivity contribution in [3.63, 3.8) is 0 Å². The van der Waals surface area contributed by atoms with Crippen LogP contribution in [0.4, 0.5) is 21.9 Å². The third-order valence-electron chi connectivity index (χ3n) is 3.16. The van der Waals surface area contributed by atoms with Gasteiger partial charge in [0.15, 0.2) is 0 Å². The molecule has 0 atom stereocenters. The maximum absolute atomic E-state index is 11.7. The fourth-order valence-corrected chi connectivity index (χ4v) is 1.97. The van der Waals surface area contributed by atoms with Gasteiger partial charge in [0.05, 0.1) is 11.4 Å². The second kappa shape index (κ2) is 5.61. The van der Waals surface area contributed by atoms with Crippen LogP contribution < -0.4 is 16.4 Å².